The number of carbonyl (C=O) groups excluding carboxylic acids is 1. The molecule has 2 rings (SSSR count). The molecule has 26 heavy (non-hydrogen) atoms. The summed E-state index contributed by atoms with van der Waals surface area (Å²) in [5.41, 5.74) is -0.877. The van der Waals surface area contributed by atoms with Crippen molar-refractivity contribution in [2.24, 2.45) is 0 Å². The number of ether oxygens (including phenoxy) is 1. The molecule has 1 amide bonds. The van der Waals surface area contributed by atoms with Crippen molar-refractivity contribution in [2.75, 3.05) is 13.4 Å². The molecule has 6 nitrogen and oxygen atoms in total. The minimum Gasteiger partial charge on any atom is -0.496 e. The number of hydrogen-bond donors (Lipinski definition) is 1. The van der Waals surface area contributed by atoms with Gasteiger partial charge >= 0.3 is 6.18 Å². The molecule has 140 valence electrons. The first kappa shape index (κ1) is 20.0. The van der Waals surface area contributed by atoms with E-state index in [-0.39, 0.29) is 22.4 Å². The summed E-state index contributed by atoms with van der Waals surface area (Å²) in [6.45, 7) is 0. The second-order valence-electron chi connectivity index (χ2n) is 5.18. The van der Waals surface area contributed by atoms with Crippen LogP contribution in [0.2, 0.25) is 5.15 Å². The van der Waals surface area contributed by atoms with E-state index >= 15 is 0 Å². The van der Waals surface area contributed by atoms with Gasteiger partial charge in [-0.2, -0.15) is 13.2 Å². The fourth-order valence-electron chi connectivity index (χ4n) is 2.09. The molecular weight excluding hydrogens is 397 g/mol. The van der Waals surface area contributed by atoms with E-state index in [4.69, 9.17) is 16.3 Å². The van der Waals surface area contributed by atoms with Crippen LogP contribution in [0.15, 0.2) is 30.5 Å². The van der Waals surface area contributed by atoms with E-state index in [1.54, 1.807) is 4.72 Å². The maximum Gasteiger partial charge on any atom is 0.419 e. The molecule has 0 aliphatic heterocycles. The maximum absolute atomic E-state index is 13.0. The van der Waals surface area contributed by atoms with Crippen LogP contribution in [0.3, 0.4) is 0 Å². The molecule has 0 aliphatic carbocycles. The summed E-state index contributed by atoms with van der Waals surface area (Å²) in [4.78, 5) is 15.4. The Balaban J connectivity index is 2.50. The van der Waals surface area contributed by atoms with E-state index in [0.29, 0.717) is 0 Å². The van der Waals surface area contributed by atoms with Gasteiger partial charge in [0.25, 0.3) is 5.91 Å². The molecule has 0 aliphatic rings. The lowest BCUT2D eigenvalue weighted by Crippen LogP contribution is -2.29. The molecule has 11 heteroatoms. The van der Waals surface area contributed by atoms with E-state index in [0.717, 1.165) is 18.5 Å². The number of benzene rings is 1. The predicted octanol–water partition coefficient (Wildman–Crippen LogP) is 3.12. The number of nitrogens with zero attached hydrogens (tertiary/aromatic N) is 1. The highest BCUT2D eigenvalue weighted by Gasteiger charge is 2.34. The number of amides is 1. The maximum atomic E-state index is 13.0. The predicted molar refractivity (Wildman–Crippen MR) is 88.5 cm³/mol. The second kappa shape index (κ2) is 7.12. The van der Waals surface area contributed by atoms with Crippen molar-refractivity contribution < 1.29 is 31.1 Å². The van der Waals surface area contributed by atoms with Crippen LogP contribution in [0, 0.1) is 0 Å². The number of methoxy groups -OCH3 is 1. The average Bonchev–Trinajstić information content (AvgIpc) is 2.52. The Bertz CT molecular complexity index is 962. The Labute approximate surface area is 152 Å². The number of alkyl halides is 3. The van der Waals surface area contributed by atoms with Gasteiger partial charge in [-0.3, -0.25) is 4.79 Å². The standard InChI is InChI=1S/C15H12ClF3N2O4S/c1-25-12-6-8(14(22)21-26(2,23)24)3-4-10(12)9-5-11(15(17,18)19)13(16)20-7-9/h3-7H,1-2H3,(H,21,22). The summed E-state index contributed by atoms with van der Waals surface area (Å²) in [6.07, 6.45) is -2.75. The lowest BCUT2D eigenvalue weighted by Gasteiger charge is -2.13. The van der Waals surface area contributed by atoms with Crippen molar-refractivity contribution in [1.29, 1.82) is 0 Å². The fraction of sp³-hybridized carbons (Fsp3) is 0.200. The molecule has 0 bridgehead atoms. The molecule has 1 aromatic carbocycles. The Morgan fingerprint density at radius 3 is 2.46 bits per heavy atom. The molecule has 0 unspecified atom stereocenters. The van der Waals surface area contributed by atoms with E-state index in [2.05, 4.69) is 4.98 Å². The zero-order valence-electron chi connectivity index (χ0n) is 13.4. The van der Waals surface area contributed by atoms with Gasteiger partial charge in [0.1, 0.15) is 10.9 Å². The highest BCUT2D eigenvalue weighted by atomic mass is 35.5. The van der Waals surface area contributed by atoms with Gasteiger partial charge in [0.05, 0.1) is 18.9 Å². The zero-order chi connectivity index (χ0) is 19.7. The molecule has 1 aromatic heterocycles. The van der Waals surface area contributed by atoms with Gasteiger partial charge in [0, 0.05) is 22.9 Å². The molecule has 2 aromatic rings. The lowest BCUT2D eigenvalue weighted by molar-refractivity contribution is -0.137. The summed E-state index contributed by atoms with van der Waals surface area (Å²) >= 11 is 5.50. The van der Waals surface area contributed by atoms with Crippen LogP contribution in [0.5, 0.6) is 5.75 Å². The van der Waals surface area contributed by atoms with Crippen LogP contribution >= 0.6 is 11.6 Å². The first-order chi connectivity index (χ1) is 11.9. The number of aromatic nitrogens is 1. The topological polar surface area (TPSA) is 85.4 Å². The molecule has 0 radical (unpaired) electrons. The number of hydrogen-bond acceptors (Lipinski definition) is 5. The van der Waals surface area contributed by atoms with Crippen LogP contribution in [0.25, 0.3) is 11.1 Å². The first-order valence-corrected chi connectivity index (χ1v) is 9.12. The third kappa shape index (κ3) is 4.64. The quantitative estimate of drug-likeness (QED) is 0.786. The lowest BCUT2D eigenvalue weighted by atomic mass is 10.0. The number of nitrogens with one attached hydrogen (secondary N) is 1. The number of carbonyl (C=O) groups is 1. The number of sulfonamides is 1. The fourth-order valence-corrected chi connectivity index (χ4v) is 2.76. The van der Waals surface area contributed by atoms with Gasteiger partial charge in [-0.1, -0.05) is 11.6 Å². The second-order valence-corrected chi connectivity index (χ2v) is 7.29. The smallest absolute Gasteiger partial charge is 0.419 e. The van der Waals surface area contributed by atoms with Crippen LogP contribution in [-0.2, 0) is 16.2 Å². The number of halogens is 4. The minimum atomic E-state index is -4.69. The van der Waals surface area contributed by atoms with Gasteiger partial charge in [-0.25, -0.2) is 18.1 Å². The molecule has 0 saturated heterocycles. The van der Waals surface area contributed by atoms with Crippen LogP contribution in [-0.4, -0.2) is 32.7 Å². The van der Waals surface area contributed by atoms with Crippen molar-refractivity contribution in [3.05, 3.63) is 46.7 Å². The largest absolute Gasteiger partial charge is 0.496 e. The summed E-state index contributed by atoms with van der Waals surface area (Å²) in [6, 6.07) is 4.59. The van der Waals surface area contributed by atoms with Gasteiger partial charge in [-0.05, 0) is 24.3 Å². The molecular formula is C15H12ClF3N2O4S. The first-order valence-electron chi connectivity index (χ1n) is 6.85. The van der Waals surface area contributed by atoms with Crippen LogP contribution in [0.4, 0.5) is 13.2 Å². The highest BCUT2D eigenvalue weighted by molar-refractivity contribution is 7.89. The highest BCUT2D eigenvalue weighted by Crippen LogP contribution is 2.38. The molecule has 0 fully saturated rings. The van der Waals surface area contributed by atoms with E-state index in [1.807, 2.05) is 0 Å². The Hall–Kier alpha value is -2.33. The minimum absolute atomic E-state index is 0.0472. The molecule has 1 heterocycles. The Morgan fingerprint density at radius 1 is 1.27 bits per heavy atom. The van der Waals surface area contributed by atoms with Crippen molar-refractivity contribution in [3.63, 3.8) is 0 Å². The van der Waals surface area contributed by atoms with Crippen LogP contribution in [0.1, 0.15) is 15.9 Å². The van der Waals surface area contributed by atoms with Crippen molar-refractivity contribution in [1.82, 2.24) is 9.71 Å². The SMILES string of the molecule is COc1cc(C(=O)NS(C)(=O)=O)ccc1-c1cnc(Cl)c(C(F)(F)F)c1. The zero-order valence-corrected chi connectivity index (χ0v) is 15.0. The molecule has 0 spiro atoms. The average molecular weight is 409 g/mol. The van der Waals surface area contributed by atoms with Crippen molar-refractivity contribution in [2.45, 2.75) is 6.18 Å². The van der Waals surface area contributed by atoms with E-state index in [1.165, 1.54) is 25.3 Å². The Kier molecular flexibility index (Phi) is 5.47. The Morgan fingerprint density at radius 2 is 1.92 bits per heavy atom. The summed E-state index contributed by atoms with van der Waals surface area (Å²) in [5.74, 6) is -0.842. The van der Waals surface area contributed by atoms with Crippen molar-refractivity contribution in [3.8, 4) is 16.9 Å². The summed E-state index contributed by atoms with van der Waals surface area (Å²) in [7, 11) is -2.52. The number of pyridine rings is 1. The van der Waals surface area contributed by atoms with Crippen LogP contribution < -0.4 is 9.46 Å². The molecule has 0 atom stereocenters. The third-order valence-corrected chi connectivity index (χ3v) is 4.05. The van der Waals surface area contributed by atoms with Gasteiger partial charge in [0.2, 0.25) is 10.0 Å². The monoisotopic (exact) mass is 408 g/mol. The third-order valence-electron chi connectivity index (χ3n) is 3.20. The van der Waals surface area contributed by atoms with Gasteiger partial charge in [-0.15, -0.1) is 0 Å². The molecule has 0 saturated carbocycles. The summed E-state index contributed by atoms with van der Waals surface area (Å²) in [5, 5.41) is -0.690. The summed E-state index contributed by atoms with van der Waals surface area (Å²) < 4.78 is 68.1. The normalized spacial score (nSPS) is 11.9. The van der Waals surface area contributed by atoms with Gasteiger partial charge < -0.3 is 4.74 Å². The van der Waals surface area contributed by atoms with E-state index in [9.17, 15) is 26.4 Å². The molecule has 1 N–H and O–H groups in total. The number of rotatable bonds is 4. The van der Waals surface area contributed by atoms with Crippen molar-refractivity contribution >= 4 is 27.5 Å². The van der Waals surface area contributed by atoms with E-state index < -0.39 is 32.8 Å². The van der Waals surface area contributed by atoms with Gasteiger partial charge in [0.15, 0.2) is 0 Å².